The van der Waals surface area contributed by atoms with E-state index in [0.29, 0.717) is 5.56 Å². The van der Waals surface area contributed by atoms with E-state index in [1.807, 2.05) is 30.3 Å². The molecule has 2 aromatic rings. The maximum Gasteiger partial charge on any atom is 0.165 e. The minimum Gasteiger partial charge on any atom is -0.382 e. The molecule has 1 aromatic heterocycles. The van der Waals surface area contributed by atoms with Gasteiger partial charge in [-0.15, -0.1) is 10.2 Å². The molecule has 1 aromatic carbocycles. The fourth-order valence-electron chi connectivity index (χ4n) is 1.19. The van der Waals surface area contributed by atoms with Gasteiger partial charge in [0.1, 0.15) is 0 Å². The molecule has 0 saturated carbocycles. The summed E-state index contributed by atoms with van der Waals surface area (Å²) in [5.41, 5.74) is 7.17. The molecule has 2 rings (SSSR count). The van der Waals surface area contributed by atoms with Gasteiger partial charge in [-0.05, 0) is 10.8 Å². The van der Waals surface area contributed by atoms with E-state index < -0.39 is 0 Å². The molecule has 2 N–H and O–H groups in total. The molecule has 0 aliphatic heterocycles. The first kappa shape index (κ1) is 8.90. The molecule has 0 amide bonds. The van der Waals surface area contributed by atoms with Crippen molar-refractivity contribution < 1.29 is 0 Å². The van der Waals surface area contributed by atoms with Crippen molar-refractivity contribution in [2.45, 2.75) is 0 Å². The molecule has 4 nitrogen and oxygen atoms in total. The predicted molar refractivity (Wildman–Crippen MR) is 54.7 cm³/mol. The zero-order chi connectivity index (χ0) is 9.97. The molecule has 14 heavy (non-hydrogen) atoms. The maximum atomic E-state index is 5.87. The van der Waals surface area contributed by atoms with Crippen LogP contribution < -0.4 is 5.73 Å². The van der Waals surface area contributed by atoms with E-state index >= 15 is 0 Å². The second-order valence-electron chi connectivity index (χ2n) is 2.71. The summed E-state index contributed by atoms with van der Waals surface area (Å²) in [6.45, 7) is 0. The molecule has 0 aliphatic rings. The lowest BCUT2D eigenvalue weighted by atomic mass is 10.1. The molecular weight excluding hydrogens is 200 g/mol. The summed E-state index contributed by atoms with van der Waals surface area (Å²) in [7, 11) is 0. The van der Waals surface area contributed by atoms with E-state index in [1.165, 1.54) is 0 Å². The average molecular weight is 207 g/mol. The Morgan fingerprint density at radius 1 is 1.07 bits per heavy atom. The second-order valence-corrected chi connectivity index (χ2v) is 3.06. The van der Waals surface area contributed by atoms with Gasteiger partial charge in [-0.25, -0.2) is 0 Å². The van der Waals surface area contributed by atoms with Crippen LogP contribution in [0.25, 0.3) is 11.1 Å². The van der Waals surface area contributed by atoms with E-state index in [-0.39, 0.29) is 11.0 Å². The third-order valence-corrected chi connectivity index (χ3v) is 2.07. The highest BCUT2D eigenvalue weighted by Crippen LogP contribution is 2.28. The fourth-order valence-corrected chi connectivity index (χ4v) is 1.43. The van der Waals surface area contributed by atoms with Gasteiger partial charge >= 0.3 is 0 Å². The van der Waals surface area contributed by atoms with Crippen molar-refractivity contribution in [2.75, 3.05) is 5.73 Å². The topological polar surface area (TPSA) is 64.7 Å². The van der Waals surface area contributed by atoms with Crippen LogP contribution in [-0.2, 0) is 0 Å². The average Bonchev–Trinajstić information content (AvgIpc) is 2.19. The lowest BCUT2D eigenvalue weighted by Gasteiger charge is -2.03. The van der Waals surface area contributed by atoms with Crippen molar-refractivity contribution in [3.8, 4) is 11.1 Å². The lowest BCUT2D eigenvalue weighted by Crippen LogP contribution is -1.99. The van der Waals surface area contributed by atoms with Gasteiger partial charge in [0.15, 0.2) is 11.0 Å². The maximum absolute atomic E-state index is 5.87. The first-order chi connectivity index (χ1) is 6.79. The van der Waals surface area contributed by atoms with Gasteiger partial charge in [0.2, 0.25) is 0 Å². The Kier molecular flexibility index (Phi) is 2.28. The lowest BCUT2D eigenvalue weighted by molar-refractivity contribution is 0.876. The quantitative estimate of drug-likeness (QED) is 0.773. The first-order valence-electron chi connectivity index (χ1n) is 3.99. The molecule has 70 valence electrons. The van der Waals surface area contributed by atoms with Crippen LogP contribution in [0.15, 0.2) is 30.3 Å². The second kappa shape index (κ2) is 3.59. The van der Waals surface area contributed by atoms with Crippen LogP contribution in [0.3, 0.4) is 0 Å². The van der Waals surface area contributed by atoms with Crippen molar-refractivity contribution in [2.24, 2.45) is 0 Å². The van der Waals surface area contributed by atoms with Crippen molar-refractivity contribution in [3.63, 3.8) is 0 Å². The molecule has 5 heteroatoms. The Hall–Kier alpha value is -1.68. The van der Waals surface area contributed by atoms with Crippen LogP contribution in [0.5, 0.6) is 0 Å². The normalized spacial score (nSPS) is 10.1. The van der Waals surface area contributed by atoms with E-state index in [4.69, 9.17) is 17.3 Å². The van der Waals surface area contributed by atoms with Crippen LogP contribution in [0.1, 0.15) is 0 Å². The standard InChI is InChI=1S/C9H7ClN4/c10-8-7(9(11)13-14-12-8)6-4-2-1-3-5-6/h1-5H,(H2,11,12,13). The van der Waals surface area contributed by atoms with Crippen LogP contribution in [0, 0.1) is 0 Å². The zero-order valence-electron chi connectivity index (χ0n) is 7.18. The molecule has 0 fully saturated rings. The van der Waals surface area contributed by atoms with Gasteiger partial charge in [-0.1, -0.05) is 41.9 Å². The first-order valence-corrected chi connectivity index (χ1v) is 4.36. The highest BCUT2D eigenvalue weighted by Gasteiger charge is 2.09. The molecule has 0 unspecified atom stereocenters. The molecular formula is C9H7ClN4. The number of hydrogen-bond acceptors (Lipinski definition) is 4. The summed E-state index contributed by atoms with van der Waals surface area (Å²) in [5, 5.41) is 11.0. The Morgan fingerprint density at radius 3 is 2.43 bits per heavy atom. The fraction of sp³-hybridized carbons (Fsp3) is 0. The van der Waals surface area contributed by atoms with Crippen LogP contribution >= 0.6 is 11.6 Å². The number of nitrogens with two attached hydrogens (primary N) is 1. The van der Waals surface area contributed by atoms with Crippen LogP contribution in [0.4, 0.5) is 5.82 Å². The van der Waals surface area contributed by atoms with Gasteiger partial charge in [0, 0.05) is 0 Å². The summed E-state index contributed by atoms with van der Waals surface area (Å²) in [4.78, 5) is 0. The van der Waals surface area contributed by atoms with Crippen LogP contribution in [-0.4, -0.2) is 15.4 Å². The van der Waals surface area contributed by atoms with E-state index in [1.54, 1.807) is 0 Å². The minimum atomic E-state index is 0.267. The minimum absolute atomic E-state index is 0.267. The number of anilines is 1. The van der Waals surface area contributed by atoms with Gasteiger partial charge in [-0.2, -0.15) is 0 Å². The third kappa shape index (κ3) is 1.52. The van der Waals surface area contributed by atoms with Gasteiger partial charge in [0.25, 0.3) is 0 Å². The van der Waals surface area contributed by atoms with E-state index in [9.17, 15) is 0 Å². The molecule has 0 saturated heterocycles. The summed E-state index contributed by atoms with van der Waals surface area (Å²) in [6, 6.07) is 9.48. The molecule has 0 bridgehead atoms. The van der Waals surface area contributed by atoms with E-state index in [2.05, 4.69) is 15.4 Å². The Balaban J connectivity index is 2.63. The summed E-state index contributed by atoms with van der Waals surface area (Å²) in [6.07, 6.45) is 0. The Bertz CT molecular complexity index is 424. The highest BCUT2D eigenvalue weighted by molar-refractivity contribution is 6.32. The van der Waals surface area contributed by atoms with Gasteiger partial charge < -0.3 is 5.73 Å². The Morgan fingerprint density at radius 2 is 1.79 bits per heavy atom. The number of rotatable bonds is 1. The molecule has 0 atom stereocenters. The van der Waals surface area contributed by atoms with Crippen molar-refractivity contribution in [1.82, 2.24) is 15.4 Å². The molecule has 1 heterocycles. The van der Waals surface area contributed by atoms with Crippen LogP contribution in [0.2, 0.25) is 5.15 Å². The smallest absolute Gasteiger partial charge is 0.165 e. The van der Waals surface area contributed by atoms with Crippen molar-refractivity contribution in [1.29, 1.82) is 0 Å². The predicted octanol–water partition coefficient (Wildman–Crippen LogP) is 1.77. The van der Waals surface area contributed by atoms with E-state index in [0.717, 1.165) is 5.56 Å². The summed E-state index contributed by atoms with van der Waals surface area (Å²) >= 11 is 5.87. The Labute approximate surface area is 85.7 Å². The number of nitrogen functional groups attached to an aromatic ring is 1. The highest BCUT2D eigenvalue weighted by atomic mass is 35.5. The number of nitrogens with zero attached hydrogens (tertiary/aromatic N) is 3. The van der Waals surface area contributed by atoms with Crippen molar-refractivity contribution >= 4 is 17.4 Å². The zero-order valence-corrected chi connectivity index (χ0v) is 7.94. The number of benzene rings is 1. The van der Waals surface area contributed by atoms with Crippen molar-refractivity contribution in [3.05, 3.63) is 35.5 Å². The van der Waals surface area contributed by atoms with Gasteiger partial charge in [-0.3, -0.25) is 0 Å². The molecule has 0 radical (unpaired) electrons. The number of halogens is 1. The third-order valence-electron chi connectivity index (χ3n) is 1.81. The number of hydrogen-bond donors (Lipinski definition) is 1. The monoisotopic (exact) mass is 206 g/mol. The SMILES string of the molecule is Nc1nnnc(Cl)c1-c1ccccc1. The summed E-state index contributed by atoms with van der Waals surface area (Å²) < 4.78 is 0. The summed E-state index contributed by atoms with van der Waals surface area (Å²) in [5.74, 6) is 0.288. The molecule has 0 spiro atoms. The number of aromatic nitrogens is 3. The largest absolute Gasteiger partial charge is 0.382 e. The molecule has 0 aliphatic carbocycles. The van der Waals surface area contributed by atoms with Gasteiger partial charge in [0.05, 0.1) is 5.56 Å².